The van der Waals surface area contributed by atoms with E-state index in [1.165, 1.54) is 0 Å². The van der Waals surface area contributed by atoms with Gasteiger partial charge in [-0.25, -0.2) is 0 Å². The van der Waals surface area contributed by atoms with Crippen molar-refractivity contribution >= 4 is 5.91 Å². The summed E-state index contributed by atoms with van der Waals surface area (Å²) in [6.45, 7) is 10.7. The highest BCUT2D eigenvalue weighted by atomic mass is 16.5. The van der Waals surface area contributed by atoms with Crippen LogP contribution in [0.4, 0.5) is 0 Å². The summed E-state index contributed by atoms with van der Waals surface area (Å²) in [5, 5.41) is 0. The van der Waals surface area contributed by atoms with Gasteiger partial charge in [-0.2, -0.15) is 0 Å². The van der Waals surface area contributed by atoms with Crippen LogP contribution >= 0.6 is 0 Å². The quantitative estimate of drug-likeness (QED) is 0.628. The molecule has 5 heteroatoms. The third-order valence-electron chi connectivity index (χ3n) is 2.85. The molecule has 1 unspecified atom stereocenters. The zero-order valence-electron chi connectivity index (χ0n) is 11.6. The van der Waals surface area contributed by atoms with Gasteiger partial charge in [-0.15, -0.1) is 0 Å². The van der Waals surface area contributed by atoms with Crippen molar-refractivity contribution in [3.63, 3.8) is 0 Å². The van der Waals surface area contributed by atoms with Crippen molar-refractivity contribution in [2.45, 2.75) is 26.8 Å². The van der Waals surface area contributed by atoms with Crippen LogP contribution in [-0.4, -0.2) is 68.2 Å². The van der Waals surface area contributed by atoms with Gasteiger partial charge in [-0.1, -0.05) is 13.8 Å². The third kappa shape index (κ3) is 6.61. The molecule has 0 saturated carbocycles. The molecule has 0 spiro atoms. The number of rotatable bonds is 9. The number of likely N-dealkylation sites (N-methyl/N-ethyl adjacent to an activating group) is 1. The van der Waals surface area contributed by atoms with Gasteiger partial charge in [-0.05, 0) is 20.0 Å². The van der Waals surface area contributed by atoms with E-state index < -0.39 is 6.04 Å². The first kappa shape index (κ1) is 16.4. The number of amides is 1. The molecule has 1 atom stereocenters. The topological polar surface area (TPSA) is 58.8 Å². The number of methoxy groups -OCH3 is 1. The fraction of sp³-hybridized carbons (Fsp3) is 0.917. The molecule has 102 valence electrons. The zero-order valence-corrected chi connectivity index (χ0v) is 11.6. The minimum Gasteiger partial charge on any atom is -0.383 e. The molecule has 0 aromatic carbocycles. The van der Waals surface area contributed by atoms with E-state index in [0.717, 1.165) is 19.6 Å². The zero-order chi connectivity index (χ0) is 13.3. The summed E-state index contributed by atoms with van der Waals surface area (Å²) in [5.74, 6) is -0.00536. The van der Waals surface area contributed by atoms with Gasteiger partial charge >= 0.3 is 0 Å². The number of hydrogen-bond acceptors (Lipinski definition) is 4. The molecule has 0 radical (unpaired) electrons. The molecule has 0 fully saturated rings. The van der Waals surface area contributed by atoms with Crippen LogP contribution in [0.25, 0.3) is 0 Å². The van der Waals surface area contributed by atoms with Crippen molar-refractivity contribution in [3.8, 4) is 0 Å². The van der Waals surface area contributed by atoms with E-state index in [-0.39, 0.29) is 5.91 Å². The first-order valence-electron chi connectivity index (χ1n) is 6.32. The Morgan fingerprint density at radius 1 is 1.24 bits per heavy atom. The van der Waals surface area contributed by atoms with E-state index in [1.54, 1.807) is 18.9 Å². The molecule has 5 nitrogen and oxygen atoms in total. The molecule has 2 N–H and O–H groups in total. The molecule has 1 amide bonds. The standard InChI is InChI=1S/C12H27N3O2/c1-5-14(6-2)7-8-15(9-10-17-4)12(16)11(3)13/h11H,5-10,13H2,1-4H3. The first-order chi connectivity index (χ1) is 8.06. The normalized spacial score (nSPS) is 12.8. The summed E-state index contributed by atoms with van der Waals surface area (Å²) in [7, 11) is 1.64. The third-order valence-corrected chi connectivity index (χ3v) is 2.85. The van der Waals surface area contributed by atoms with Crippen LogP contribution < -0.4 is 5.73 Å². The molecule has 0 aliphatic rings. The number of nitrogens with zero attached hydrogens (tertiary/aromatic N) is 2. The lowest BCUT2D eigenvalue weighted by Gasteiger charge is -2.27. The van der Waals surface area contributed by atoms with Crippen LogP contribution in [0, 0.1) is 0 Å². The van der Waals surface area contributed by atoms with Crippen molar-refractivity contribution in [3.05, 3.63) is 0 Å². The molecule has 0 aromatic heterocycles. The van der Waals surface area contributed by atoms with E-state index in [2.05, 4.69) is 18.7 Å². The molecule has 0 saturated heterocycles. The molecular formula is C12H27N3O2. The smallest absolute Gasteiger partial charge is 0.239 e. The summed E-state index contributed by atoms with van der Waals surface area (Å²) in [6, 6.07) is -0.441. The summed E-state index contributed by atoms with van der Waals surface area (Å²) in [6.07, 6.45) is 0. The van der Waals surface area contributed by atoms with Crippen LogP contribution in [0.15, 0.2) is 0 Å². The van der Waals surface area contributed by atoms with Crippen molar-refractivity contribution in [1.82, 2.24) is 9.80 Å². The van der Waals surface area contributed by atoms with Crippen LogP contribution in [0.2, 0.25) is 0 Å². The molecule has 0 bridgehead atoms. The average Bonchev–Trinajstić information content (AvgIpc) is 2.33. The van der Waals surface area contributed by atoms with Gasteiger partial charge in [0.15, 0.2) is 0 Å². The number of hydrogen-bond donors (Lipinski definition) is 1. The number of carbonyl (C=O) groups is 1. The monoisotopic (exact) mass is 245 g/mol. The van der Waals surface area contributed by atoms with Gasteiger partial charge in [0.05, 0.1) is 12.6 Å². The number of carbonyl (C=O) groups excluding carboxylic acids is 1. The Labute approximate surface area is 105 Å². The predicted octanol–water partition coefficient (Wildman–Crippen LogP) is 0.150. The van der Waals surface area contributed by atoms with E-state index >= 15 is 0 Å². The highest BCUT2D eigenvalue weighted by Crippen LogP contribution is 1.96. The molecule has 0 heterocycles. The SMILES string of the molecule is CCN(CC)CCN(CCOC)C(=O)C(C)N. The maximum absolute atomic E-state index is 11.9. The Morgan fingerprint density at radius 3 is 2.24 bits per heavy atom. The molecule has 0 aliphatic carbocycles. The number of ether oxygens (including phenoxy) is 1. The van der Waals surface area contributed by atoms with Gasteiger partial charge < -0.3 is 20.3 Å². The Bertz CT molecular complexity index is 206. The van der Waals surface area contributed by atoms with Crippen LogP contribution in [0.1, 0.15) is 20.8 Å². The Kier molecular flexibility index (Phi) is 9.03. The van der Waals surface area contributed by atoms with Crippen molar-refractivity contribution < 1.29 is 9.53 Å². The van der Waals surface area contributed by atoms with Crippen LogP contribution in [0.5, 0.6) is 0 Å². The van der Waals surface area contributed by atoms with Gasteiger partial charge in [0, 0.05) is 26.7 Å². The highest BCUT2D eigenvalue weighted by molar-refractivity contribution is 5.81. The van der Waals surface area contributed by atoms with Gasteiger partial charge in [0.1, 0.15) is 0 Å². The minimum atomic E-state index is -0.441. The summed E-state index contributed by atoms with van der Waals surface area (Å²) < 4.78 is 5.01. The van der Waals surface area contributed by atoms with Crippen LogP contribution in [0.3, 0.4) is 0 Å². The molecule has 17 heavy (non-hydrogen) atoms. The molecular weight excluding hydrogens is 218 g/mol. The fourth-order valence-corrected chi connectivity index (χ4v) is 1.62. The Hall–Kier alpha value is -0.650. The second-order valence-electron chi connectivity index (χ2n) is 4.13. The van der Waals surface area contributed by atoms with Crippen molar-refractivity contribution in [2.75, 3.05) is 46.4 Å². The second-order valence-corrected chi connectivity index (χ2v) is 4.13. The van der Waals surface area contributed by atoms with Crippen molar-refractivity contribution in [2.24, 2.45) is 5.73 Å². The van der Waals surface area contributed by atoms with Gasteiger partial charge in [0.2, 0.25) is 5.91 Å². The fourth-order valence-electron chi connectivity index (χ4n) is 1.62. The summed E-state index contributed by atoms with van der Waals surface area (Å²) in [4.78, 5) is 15.9. The van der Waals surface area contributed by atoms with Crippen LogP contribution in [-0.2, 0) is 9.53 Å². The maximum Gasteiger partial charge on any atom is 0.239 e. The lowest BCUT2D eigenvalue weighted by Crippen LogP contribution is -2.46. The second kappa shape index (κ2) is 9.39. The summed E-state index contributed by atoms with van der Waals surface area (Å²) >= 11 is 0. The first-order valence-corrected chi connectivity index (χ1v) is 6.32. The van der Waals surface area contributed by atoms with E-state index in [9.17, 15) is 4.79 Å². The average molecular weight is 245 g/mol. The molecule has 0 rings (SSSR count). The summed E-state index contributed by atoms with van der Waals surface area (Å²) in [5.41, 5.74) is 5.63. The predicted molar refractivity (Wildman–Crippen MR) is 69.9 cm³/mol. The minimum absolute atomic E-state index is 0.00536. The van der Waals surface area contributed by atoms with E-state index in [0.29, 0.717) is 19.7 Å². The maximum atomic E-state index is 11.9. The molecule has 0 aromatic rings. The Balaban J connectivity index is 4.23. The number of nitrogens with two attached hydrogens (primary N) is 1. The van der Waals surface area contributed by atoms with E-state index in [4.69, 9.17) is 10.5 Å². The lowest BCUT2D eigenvalue weighted by atomic mass is 10.3. The lowest BCUT2D eigenvalue weighted by molar-refractivity contribution is -0.133. The van der Waals surface area contributed by atoms with Gasteiger partial charge in [0.25, 0.3) is 0 Å². The largest absolute Gasteiger partial charge is 0.383 e. The van der Waals surface area contributed by atoms with Crippen molar-refractivity contribution in [1.29, 1.82) is 0 Å². The molecule has 0 aliphatic heterocycles. The van der Waals surface area contributed by atoms with Gasteiger partial charge in [-0.3, -0.25) is 4.79 Å². The Morgan fingerprint density at radius 2 is 1.82 bits per heavy atom. The van der Waals surface area contributed by atoms with E-state index in [1.807, 2.05) is 0 Å². The highest BCUT2D eigenvalue weighted by Gasteiger charge is 2.17.